The molecular formula is C20H24N2O3. The highest BCUT2D eigenvalue weighted by molar-refractivity contribution is 5.83. The first-order valence-corrected chi connectivity index (χ1v) is 8.62. The smallest absolute Gasteiger partial charge is 0.262 e. The summed E-state index contributed by atoms with van der Waals surface area (Å²) >= 11 is 0. The number of benzene rings is 2. The highest BCUT2D eigenvalue weighted by Crippen LogP contribution is 2.34. The molecule has 0 saturated carbocycles. The Morgan fingerprint density at radius 3 is 2.72 bits per heavy atom. The number of amides is 1. The Morgan fingerprint density at radius 2 is 2.00 bits per heavy atom. The van der Waals surface area contributed by atoms with Crippen LogP contribution >= 0.6 is 0 Å². The van der Waals surface area contributed by atoms with Gasteiger partial charge in [0.05, 0.1) is 19.3 Å². The fourth-order valence-electron chi connectivity index (χ4n) is 2.91. The van der Waals surface area contributed by atoms with Gasteiger partial charge in [0.15, 0.2) is 6.10 Å². The molecular weight excluding hydrogens is 316 g/mol. The van der Waals surface area contributed by atoms with Crippen molar-refractivity contribution in [3.05, 3.63) is 54.1 Å². The number of nitrogens with zero attached hydrogens (tertiary/aromatic N) is 1. The first-order chi connectivity index (χ1) is 12.2. The van der Waals surface area contributed by atoms with Crippen molar-refractivity contribution < 1.29 is 14.3 Å². The summed E-state index contributed by atoms with van der Waals surface area (Å²) in [4.78, 5) is 14.6. The summed E-state index contributed by atoms with van der Waals surface area (Å²) in [5.41, 5.74) is 2.17. The van der Waals surface area contributed by atoms with Gasteiger partial charge in [-0.1, -0.05) is 31.2 Å². The zero-order chi connectivity index (χ0) is 17.6. The Labute approximate surface area is 148 Å². The van der Waals surface area contributed by atoms with Crippen molar-refractivity contribution in [3.63, 3.8) is 0 Å². The zero-order valence-electron chi connectivity index (χ0n) is 14.7. The molecule has 1 atom stereocenters. The van der Waals surface area contributed by atoms with Crippen LogP contribution in [0.2, 0.25) is 0 Å². The molecule has 1 heterocycles. The van der Waals surface area contributed by atoms with E-state index in [1.54, 1.807) is 7.11 Å². The predicted molar refractivity (Wildman–Crippen MR) is 98.2 cm³/mol. The molecule has 1 aliphatic heterocycles. The molecule has 132 valence electrons. The summed E-state index contributed by atoms with van der Waals surface area (Å²) in [6.45, 7) is 3.94. The second-order valence-corrected chi connectivity index (χ2v) is 6.09. The van der Waals surface area contributed by atoms with Crippen LogP contribution in [0.15, 0.2) is 48.5 Å². The predicted octanol–water partition coefficient (Wildman–Crippen LogP) is 2.99. The number of nitrogens with one attached hydrogen (secondary N) is 1. The lowest BCUT2D eigenvalue weighted by atomic mass is 10.1. The maximum atomic E-state index is 12.4. The Kier molecular flexibility index (Phi) is 5.43. The fourth-order valence-corrected chi connectivity index (χ4v) is 2.91. The average molecular weight is 340 g/mol. The van der Waals surface area contributed by atoms with Crippen LogP contribution in [0, 0.1) is 0 Å². The molecule has 1 unspecified atom stereocenters. The van der Waals surface area contributed by atoms with E-state index in [1.165, 1.54) is 0 Å². The molecule has 5 nitrogen and oxygen atoms in total. The number of para-hydroxylation sites is 2. The molecule has 1 N–H and O–H groups in total. The van der Waals surface area contributed by atoms with Crippen molar-refractivity contribution in [2.24, 2.45) is 0 Å². The molecule has 0 aromatic heterocycles. The van der Waals surface area contributed by atoms with E-state index in [2.05, 4.69) is 10.2 Å². The van der Waals surface area contributed by atoms with Gasteiger partial charge >= 0.3 is 0 Å². The second kappa shape index (κ2) is 7.92. The molecule has 0 aliphatic carbocycles. The molecule has 0 bridgehead atoms. The van der Waals surface area contributed by atoms with Gasteiger partial charge in [-0.2, -0.15) is 0 Å². The molecule has 2 aromatic carbocycles. The normalized spacial score (nSPS) is 15.9. The SMILES string of the molecule is CCCNC(=O)C1CN(Cc2ccc(OC)cc2)c2ccccc2O1. The Bertz CT molecular complexity index is 715. The lowest BCUT2D eigenvalue weighted by Gasteiger charge is -2.35. The van der Waals surface area contributed by atoms with Crippen molar-refractivity contribution in [1.82, 2.24) is 5.32 Å². The summed E-state index contributed by atoms with van der Waals surface area (Å²) < 4.78 is 11.1. The standard InChI is InChI=1S/C20H24N2O3/c1-3-12-21-20(23)19-14-22(17-6-4-5-7-18(17)25-19)13-15-8-10-16(24-2)11-9-15/h4-11,19H,3,12-14H2,1-2H3,(H,21,23). The van der Waals surface area contributed by atoms with E-state index in [4.69, 9.17) is 9.47 Å². The molecule has 2 aromatic rings. The van der Waals surface area contributed by atoms with Gasteiger partial charge < -0.3 is 19.7 Å². The molecule has 0 saturated heterocycles. The third-order valence-corrected chi connectivity index (χ3v) is 4.24. The van der Waals surface area contributed by atoms with E-state index < -0.39 is 6.10 Å². The zero-order valence-corrected chi connectivity index (χ0v) is 14.7. The van der Waals surface area contributed by atoms with E-state index in [-0.39, 0.29) is 5.91 Å². The lowest BCUT2D eigenvalue weighted by molar-refractivity contribution is -0.127. The number of methoxy groups -OCH3 is 1. The number of carbonyl (C=O) groups excluding carboxylic acids is 1. The Hall–Kier alpha value is -2.69. The highest BCUT2D eigenvalue weighted by Gasteiger charge is 2.30. The van der Waals surface area contributed by atoms with Crippen molar-refractivity contribution in [3.8, 4) is 11.5 Å². The van der Waals surface area contributed by atoms with Gasteiger partial charge in [-0.15, -0.1) is 0 Å². The quantitative estimate of drug-likeness (QED) is 0.878. The number of hydrogen-bond acceptors (Lipinski definition) is 4. The molecule has 25 heavy (non-hydrogen) atoms. The summed E-state index contributed by atoms with van der Waals surface area (Å²) in [6.07, 6.45) is 0.407. The van der Waals surface area contributed by atoms with Gasteiger partial charge in [0, 0.05) is 13.1 Å². The average Bonchev–Trinajstić information content (AvgIpc) is 2.66. The van der Waals surface area contributed by atoms with Crippen LogP contribution in [0.4, 0.5) is 5.69 Å². The Morgan fingerprint density at radius 1 is 1.24 bits per heavy atom. The number of rotatable bonds is 6. The van der Waals surface area contributed by atoms with Gasteiger partial charge in [-0.05, 0) is 36.2 Å². The Balaban J connectivity index is 1.79. The van der Waals surface area contributed by atoms with E-state index >= 15 is 0 Å². The number of ether oxygens (including phenoxy) is 2. The van der Waals surface area contributed by atoms with Crippen molar-refractivity contribution in [1.29, 1.82) is 0 Å². The molecule has 0 radical (unpaired) electrons. The minimum atomic E-state index is -0.500. The monoisotopic (exact) mass is 340 g/mol. The first kappa shape index (κ1) is 17.1. The summed E-state index contributed by atoms with van der Waals surface area (Å²) in [5.74, 6) is 1.53. The number of anilines is 1. The second-order valence-electron chi connectivity index (χ2n) is 6.09. The van der Waals surface area contributed by atoms with Gasteiger partial charge in [0.1, 0.15) is 11.5 Å². The molecule has 0 spiro atoms. The third kappa shape index (κ3) is 4.05. The van der Waals surface area contributed by atoms with Crippen molar-refractivity contribution in [2.45, 2.75) is 26.0 Å². The van der Waals surface area contributed by atoms with E-state index in [0.29, 0.717) is 19.6 Å². The summed E-state index contributed by atoms with van der Waals surface area (Å²) in [7, 11) is 1.66. The molecule has 3 rings (SSSR count). The molecule has 1 amide bonds. The number of carbonyl (C=O) groups is 1. The van der Waals surface area contributed by atoms with Crippen LogP contribution in [-0.4, -0.2) is 32.2 Å². The van der Waals surface area contributed by atoms with Gasteiger partial charge in [0.25, 0.3) is 5.91 Å². The summed E-state index contributed by atoms with van der Waals surface area (Å²) in [5, 5.41) is 2.93. The maximum absolute atomic E-state index is 12.4. The van der Waals surface area contributed by atoms with E-state index in [1.807, 2.05) is 55.5 Å². The van der Waals surface area contributed by atoms with E-state index in [9.17, 15) is 4.79 Å². The molecule has 1 aliphatic rings. The van der Waals surface area contributed by atoms with Gasteiger partial charge in [0.2, 0.25) is 0 Å². The number of fused-ring (bicyclic) bond motifs is 1. The van der Waals surface area contributed by atoms with Crippen LogP contribution in [0.25, 0.3) is 0 Å². The lowest BCUT2D eigenvalue weighted by Crippen LogP contribution is -2.48. The largest absolute Gasteiger partial charge is 0.497 e. The van der Waals surface area contributed by atoms with Crippen LogP contribution in [0.5, 0.6) is 11.5 Å². The van der Waals surface area contributed by atoms with Crippen LogP contribution < -0.4 is 19.7 Å². The van der Waals surface area contributed by atoms with Crippen molar-refractivity contribution in [2.75, 3.05) is 25.1 Å². The topological polar surface area (TPSA) is 50.8 Å². The minimum absolute atomic E-state index is 0.0592. The summed E-state index contributed by atoms with van der Waals surface area (Å²) in [6, 6.07) is 15.8. The fraction of sp³-hybridized carbons (Fsp3) is 0.350. The first-order valence-electron chi connectivity index (χ1n) is 8.62. The molecule has 0 fully saturated rings. The van der Waals surface area contributed by atoms with Crippen LogP contribution in [0.3, 0.4) is 0 Å². The third-order valence-electron chi connectivity index (χ3n) is 4.24. The van der Waals surface area contributed by atoms with Crippen LogP contribution in [-0.2, 0) is 11.3 Å². The minimum Gasteiger partial charge on any atom is -0.497 e. The highest BCUT2D eigenvalue weighted by atomic mass is 16.5. The van der Waals surface area contributed by atoms with Gasteiger partial charge in [-0.3, -0.25) is 4.79 Å². The van der Waals surface area contributed by atoms with Gasteiger partial charge in [-0.25, -0.2) is 0 Å². The molecule has 5 heteroatoms. The maximum Gasteiger partial charge on any atom is 0.262 e. The van der Waals surface area contributed by atoms with E-state index in [0.717, 1.165) is 29.2 Å². The van der Waals surface area contributed by atoms with Crippen molar-refractivity contribution >= 4 is 11.6 Å². The van der Waals surface area contributed by atoms with Crippen LogP contribution in [0.1, 0.15) is 18.9 Å². The number of hydrogen-bond donors (Lipinski definition) is 1.